The molecule has 1 aliphatic carbocycles. The molecule has 1 fully saturated rings. The molecule has 104 valence electrons. The van der Waals surface area contributed by atoms with Gasteiger partial charge >= 0.3 is 0 Å². The Kier molecular flexibility index (Phi) is 3.83. The lowest BCUT2D eigenvalue weighted by atomic mass is 10.2. The van der Waals surface area contributed by atoms with Crippen molar-refractivity contribution in [3.63, 3.8) is 0 Å². The minimum atomic E-state index is 0.669. The molecule has 0 saturated heterocycles. The van der Waals surface area contributed by atoms with Crippen molar-refractivity contribution >= 4 is 0 Å². The maximum Gasteiger partial charge on any atom is 0.169 e. The number of methoxy groups -OCH3 is 1. The van der Waals surface area contributed by atoms with Crippen molar-refractivity contribution in [3.05, 3.63) is 48.3 Å². The number of nitrogens with zero attached hydrogens (tertiary/aromatic N) is 1. The van der Waals surface area contributed by atoms with E-state index in [1.807, 2.05) is 30.3 Å². The summed E-state index contributed by atoms with van der Waals surface area (Å²) in [5.41, 5.74) is 1.11. The van der Waals surface area contributed by atoms with Crippen LogP contribution in [0.1, 0.15) is 18.4 Å². The number of para-hydroxylation sites is 2. The minimum absolute atomic E-state index is 0.669. The number of ether oxygens (including phenoxy) is 2. The van der Waals surface area contributed by atoms with Crippen LogP contribution in [0.5, 0.6) is 17.2 Å². The second-order valence-electron chi connectivity index (χ2n) is 4.89. The topological polar surface area (TPSA) is 43.4 Å². The Morgan fingerprint density at radius 2 is 1.95 bits per heavy atom. The molecular formula is C16H18N2O2. The van der Waals surface area contributed by atoms with Gasteiger partial charge in [-0.2, -0.15) is 0 Å². The molecule has 4 heteroatoms. The first-order valence-corrected chi connectivity index (χ1v) is 6.84. The Hall–Kier alpha value is -2.07. The second kappa shape index (κ2) is 5.92. The lowest BCUT2D eigenvalue weighted by molar-refractivity contribution is 0.376. The fourth-order valence-electron chi connectivity index (χ4n) is 2.01. The molecule has 1 aliphatic rings. The standard InChI is InChI=1S/C16H18N2O2/c1-19-14-4-2-3-5-15(14)20-16-11-17-9-8-12(16)10-18-13-6-7-13/h2-5,8-9,11,13,18H,6-7,10H2,1H3. The van der Waals surface area contributed by atoms with Crippen LogP contribution < -0.4 is 14.8 Å². The number of nitrogens with one attached hydrogen (secondary N) is 1. The zero-order valence-electron chi connectivity index (χ0n) is 11.5. The van der Waals surface area contributed by atoms with Crippen LogP contribution in [0.4, 0.5) is 0 Å². The smallest absolute Gasteiger partial charge is 0.169 e. The molecule has 0 atom stereocenters. The van der Waals surface area contributed by atoms with Crippen molar-refractivity contribution in [2.24, 2.45) is 0 Å². The van der Waals surface area contributed by atoms with E-state index >= 15 is 0 Å². The van der Waals surface area contributed by atoms with E-state index in [4.69, 9.17) is 9.47 Å². The Morgan fingerprint density at radius 3 is 2.70 bits per heavy atom. The number of aromatic nitrogens is 1. The lowest BCUT2D eigenvalue weighted by Gasteiger charge is -2.13. The van der Waals surface area contributed by atoms with E-state index in [1.165, 1.54) is 12.8 Å². The van der Waals surface area contributed by atoms with E-state index in [9.17, 15) is 0 Å². The molecule has 0 unspecified atom stereocenters. The molecule has 3 rings (SSSR count). The maximum atomic E-state index is 5.96. The van der Waals surface area contributed by atoms with Crippen LogP contribution in [0.15, 0.2) is 42.7 Å². The Morgan fingerprint density at radius 1 is 1.15 bits per heavy atom. The van der Waals surface area contributed by atoms with Gasteiger partial charge in [0.25, 0.3) is 0 Å². The van der Waals surface area contributed by atoms with Gasteiger partial charge in [-0.1, -0.05) is 12.1 Å². The van der Waals surface area contributed by atoms with Gasteiger partial charge in [0.05, 0.1) is 13.3 Å². The van der Waals surface area contributed by atoms with Crippen LogP contribution in [-0.4, -0.2) is 18.1 Å². The normalized spacial score (nSPS) is 14.1. The quantitative estimate of drug-likeness (QED) is 0.875. The Balaban J connectivity index is 1.78. The Labute approximate surface area is 118 Å². The van der Waals surface area contributed by atoms with Crippen molar-refractivity contribution in [2.45, 2.75) is 25.4 Å². The summed E-state index contributed by atoms with van der Waals surface area (Å²) in [5.74, 6) is 2.19. The summed E-state index contributed by atoms with van der Waals surface area (Å²) in [6.07, 6.45) is 6.08. The molecule has 0 radical (unpaired) electrons. The highest BCUT2D eigenvalue weighted by Gasteiger charge is 2.20. The highest BCUT2D eigenvalue weighted by atomic mass is 16.5. The van der Waals surface area contributed by atoms with Gasteiger partial charge in [0.1, 0.15) is 5.75 Å². The summed E-state index contributed by atoms with van der Waals surface area (Å²) in [7, 11) is 1.64. The summed E-state index contributed by atoms with van der Waals surface area (Å²) in [4.78, 5) is 4.15. The number of hydrogen-bond donors (Lipinski definition) is 1. The zero-order chi connectivity index (χ0) is 13.8. The van der Waals surface area contributed by atoms with Crippen molar-refractivity contribution < 1.29 is 9.47 Å². The molecular weight excluding hydrogens is 252 g/mol. The maximum absolute atomic E-state index is 5.96. The van der Waals surface area contributed by atoms with E-state index in [0.717, 1.165) is 23.6 Å². The highest BCUT2D eigenvalue weighted by molar-refractivity contribution is 5.44. The lowest BCUT2D eigenvalue weighted by Crippen LogP contribution is -2.15. The molecule has 1 aromatic carbocycles. The first-order valence-electron chi connectivity index (χ1n) is 6.84. The predicted molar refractivity (Wildman–Crippen MR) is 77.2 cm³/mol. The van der Waals surface area contributed by atoms with Crippen LogP contribution in [-0.2, 0) is 6.54 Å². The minimum Gasteiger partial charge on any atom is -0.493 e. The molecule has 4 nitrogen and oxygen atoms in total. The number of rotatable bonds is 6. The average molecular weight is 270 g/mol. The SMILES string of the molecule is COc1ccccc1Oc1cnccc1CNC1CC1. The van der Waals surface area contributed by atoms with Crippen molar-refractivity contribution in [1.29, 1.82) is 0 Å². The third-order valence-electron chi connectivity index (χ3n) is 3.32. The Bertz CT molecular complexity index is 582. The number of benzene rings is 1. The van der Waals surface area contributed by atoms with Gasteiger partial charge in [-0.25, -0.2) is 0 Å². The first kappa shape index (κ1) is 12.9. The molecule has 0 aliphatic heterocycles. The van der Waals surface area contributed by atoms with Gasteiger partial charge in [0.15, 0.2) is 11.5 Å². The largest absolute Gasteiger partial charge is 0.493 e. The summed E-state index contributed by atoms with van der Waals surface area (Å²) < 4.78 is 11.3. The summed E-state index contributed by atoms with van der Waals surface area (Å²) in [6, 6.07) is 10.3. The zero-order valence-corrected chi connectivity index (χ0v) is 11.5. The van der Waals surface area contributed by atoms with E-state index in [-0.39, 0.29) is 0 Å². The molecule has 0 spiro atoms. The molecule has 1 saturated carbocycles. The van der Waals surface area contributed by atoms with Crippen LogP contribution in [0.3, 0.4) is 0 Å². The van der Waals surface area contributed by atoms with E-state index in [1.54, 1.807) is 19.5 Å². The van der Waals surface area contributed by atoms with Gasteiger partial charge in [-0.05, 0) is 31.0 Å². The second-order valence-corrected chi connectivity index (χ2v) is 4.89. The molecule has 20 heavy (non-hydrogen) atoms. The summed E-state index contributed by atoms with van der Waals surface area (Å²) >= 11 is 0. The van der Waals surface area contributed by atoms with Crippen molar-refractivity contribution in [3.8, 4) is 17.2 Å². The first-order chi connectivity index (χ1) is 9.86. The highest BCUT2D eigenvalue weighted by Crippen LogP contribution is 2.32. The molecule has 0 bridgehead atoms. The number of hydrogen-bond acceptors (Lipinski definition) is 4. The van der Waals surface area contributed by atoms with E-state index in [0.29, 0.717) is 11.8 Å². The third-order valence-corrected chi connectivity index (χ3v) is 3.32. The molecule has 1 heterocycles. The van der Waals surface area contributed by atoms with Gasteiger partial charge in [0, 0.05) is 24.3 Å². The van der Waals surface area contributed by atoms with Crippen molar-refractivity contribution in [1.82, 2.24) is 10.3 Å². The fourth-order valence-corrected chi connectivity index (χ4v) is 2.01. The third kappa shape index (κ3) is 3.08. The van der Waals surface area contributed by atoms with E-state index in [2.05, 4.69) is 10.3 Å². The van der Waals surface area contributed by atoms with Gasteiger partial charge in [-0.15, -0.1) is 0 Å². The van der Waals surface area contributed by atoms with Crippen molar-refractivity contribution in [2.75, 3.05) is 7.11 Å². The fraction of sp³-hybridized carbons (Fsp3) is 0.312. The molecule has 1 N–H and O–H groups in total. The van der Waals surface area contributed by atoms with Crippen LogP contribution in [0.2, 0.25) is 0 Å². The van der Waals surface area contributed by atoms with Gasteiger partial charge < -0.3 is 14.8 Å². The molecule has 1 aromatic heterocycles. The van der Waals surface area contributed by atoms with Gasteiger partial charge in [-0.3, -0.25) is 4.98 Å². The van der Waals surface area contributed by atoms with Crippen LogP contribution in [0, 0.1) is 0 Å². The molecule has 2 aromatic rings. The van der Waals surface area contributed by atoms with Gasteiger partial charge in [0.2, 0.25) is 0 Å². The number of pyridine rings is 1. The van der Waals surface area contributed by atoms with Crippen LogP contribution in [0.25, 0.3) is 0 Å². The monoisotopic (exact) mass is 270 g/mol. The predicted octanol–water partition coefficient (Wildman–Crippen LogP) is 3.13. The summed E-state index contributed by atoms with van der Waals surface area (Å²) in [6.45, 7) is 0.803. The van der Waals surface area contributed by atoms with E-state index < -0.39 is 0 Å². The van der Waals surface area contributed by atoms with Crippen LogP contribution >= 0.6 is 0 Å². The molecule has 0 amide bonds. The average Bonchev–Trinajstić information content (AvgIpc) is 3.31. The summed E-state index contributed by atoms with van der Waals surface area (Å²) in [5, 5.41) is 3.49.